The predicted octanol–water partition coefficient (Wildman–Crippen LogP) is 3.21. The number of rotatable bonds is 2. The van der Waals surface area contributed by atoms with Crippen LogP contribution < -0.4 is 10.5 Å². The summed E-state index contributed by atoms with van der Waals surface area (Å²) in [6, 6.07) is 6.37. The second-order valence-electron chi connectivity index (χ2n) is 3.94. The molecule has 0 fully saturated rings. The van der Waals surface area contributed by atoms with Gasteiger partial charge in [0.1, 0.15) is 0 Å². The van der Waals surface area contributed by atoms with Crippen molar-refractivity contribution in [1.29, 1.82) is 0 Å². The third-order valence-electron chi connectivity index (χ3n) is 2.31. The fourth-order valence-electron chi connectivity index (χ4n) is 1.46. The molecule has 3 nitrogen and oxygen atoms in total. The third kappa shape index (κ3) is 2.53. The maximum atomic E-state index is 13.5. The Morgan fingerprint density at radius 1 is 1.18 bits per heavy atom. The molecule has 1 aromatic heterocycles. The van der Waals surface area contributed by atoms with Gasteiger partial charge in [-0.2, -0.15) is 0 Å². The van der Waals surface area contributed by atoms with Crippen LogP contribution in [0.25, 0.3) is 0 Å². The van der Waals surface area contributed by atoms with Gasteiger partial charge in [-0.05, 0) is 43.2 Å². The van der Waals surface area contributed by atoms with E-state index in [1.807, 2.05) is 13.8 Å². The van der Waals surface area contributed by atoms with Crippen LogP contribution in [0.3, 0.4) is 0 Å². The Hall–Kier alpha value is -2.10. The molecule has 88 valence electrons. The largest absolute Gasteiger partial charge is 0.434 e. The number of hydrogen-bond acceptors (Lipinski definition) is 3. The molecule has 2 rings (SSSR count). The van der Waals surface area contributed by atoms with Crippen LogP contribution in [0.5, 0.6) is 11.6 Å². The zero-order valence-electron chi connectivity index (χ0n) is 9.70. The first-order valence-corrected chi connectivity index (χ1v) is 5.22. The van der Waals surface area contributed by atoms with Crippen molar-refractivity contribution in [3.05, 3.63) is 47.4 Å². The number of pyridine rings is 1. The molecule has 0 saturated carbocycles. The fourth-order valence-corrected chi connectivity index (χ4v) is 1.46. The quantitative estimate of drug-likeness (QED) is 0.864. The summed E-state index contributed by atoms with van der Waals surface area (Å²) in [7, 11) is 0. The molecule has 0 atom stereocenters. The summed E-state index contributed by atoms with van der Waals surface area (Å²) in [4.78, 5) is 4.03. The van der Waals surface area contributed by atoms with E-state index in [-0.39, 0.29) is 11.6 Å². The normalized spacial score (nSPS) is 10.3. The van der Waals surface area contributed by atoms with Gasteiger partial charge in [0.05, 0.1) is 5.69 Å². The summed E-state index contributed by atoms with van der Waals surface area (Å²) < 4.78 is 18.8. The minimum Gasteiger partial charge on any atom is -0.434 e. The van der Waals surface area contributed by atoms with E-state index in [1.165, 1.54) is 6.07 Å². The SMILES string of the molecule is Cc1cnc(Oc2cc(C)ccc2F)c(N)c1. The Kier molecular flexibility index (Phi) is 2.95. The lowest BCUT2D eigenvalue weighted by atomic mass is 10.2. The first-order valence-electron chi connectivity index (χ1n) is 5.22. The van der Waals surface area contributed by atoms with Crippen LogP contribution in [-0.4, -0.2) is 4.98 Å². The molecule has 2 aromatic rings. The summed E-state index contributed by atoms with van der Waals surface area (Å²) >= 11 is 0. The highest BCUT2D eigenvalue weighted by Crippen LogP contribution is 2.28. The maximum Gasteiger partial charge on any atom is 0.242 e. The molecular formula is C13H13FN2O. The first kappa shape index (κ1) is 11.4. The minimum atomic E-state index is -0.433. The molecule has 0 unspecified atom stereocenters. The van der Waals surface area contributed by atoms with Gasteiger partial charge in [-0.1, -0.05) is 6.07 Å². The number of nitrogen functional groups attached to an aromatic ring is 1. The zero-order valence-corrected chi connectivity index (χ0v) is 9.70. The molecule has 0 aliphatic rings. The molecule has 0 saturated heterocycles. The second kappa shape index (κ2) is 4.41. The van der Waals surface area contributed by atoms with E-state index < -0.39 is 5.82 Å². The molecule has 0 aliphatic carbocycles. The number of ether oxygens (including phenoxy) is 1. The van der Waals surface area contributed by atoms with Gasteiger partial charge in [-0.25, -0.2) is 9.37 Å². The van der Waals surface area contributed by atoms with Crippen molar-refractivity contribution in [3.63, 3.8) is 0 Å². The average Bonchev–Trinajstić information content (AvgIpc) is 2.27. The first-order chi connectivity index (χ1) is 8.06. The number of aromatic nitrogens is 1. The van der Waals surface area contributed by atoms with E-state index in [4.69, 9.17) is 10.5 Å². The number of nitrogens with zero attached hydrogens (tertiary/aromatic N) is 1. The third-order valence-corrected chi connectivity index (χ3v) is 2.31. The molecule has 0 spiro atoms. The van der Waals surface area contributed by atoms with Gasteiger partial charge >= 0.3 is 0 Å². The van der Waals surface area contributed by atoms with Crippen molar-refractivity contribution < 1.29 is 9.13 Å². The van der Waals surface area contributed by atoms with Gasteiger partial charge in [0.25, 0.3) is 0 Å². The minimum absolute atomic E-state index is 0.132. The Morgan fingerprint density at radius 3 is 2.65 bits per heavy atom. The van der Waals surface area contributed by atoms with E-state index in [0.717, 1.165) is 11.1 Å². The lowest BCUT2D eigenvalue weighted by Gasteiger charge is -2.09. The van der Waals surface area contributed by atoms with Gasteiger partial charge < -0.3 is 10.5 Å². The van der Waals surface area contributed by atoms with Gasteiger partial charge in [0.2, 0.25) is 5.88 Å². The van der Waals surface area contributed by atoms with Crippen LogP contribution >= 0.6 is 0 Å². The van der Waals surface area contributed by atoms with E-state index in [0.29, 0.717) is 5.69 Å². The Morgan fingerprint density at radius 2 is 1.94 bits per heavy atom. The molecule has 0 bridgehead atoms. The van der Waals surface area contributed by atoms with E-state index in [1.54, 1.807) is 24.4 Å². The van der Waals surface area contributed by atoms with Crippen molar-refractivity contribution in [2.75, 3.05) is 5.73 Å². The smallest absolute Gasteiger partial charge is 0.242 e. The number of nitrogens with two attached hydrogens (primary N) is 1. The van der Waals surface area contributed by atoms with Crippen LogP contribution in [0.1, 0.15) is 11.1 Å². The summed E-state index contributed by atoms with van der Waals surface area (Å²) in [5, 5.41) is 0. The second-order valence-corrected chi connectivity index (χ2v) is 3.94. The molecular weight excluding hydrogens is 219 g/mol. The van der Waals surface area contributed by atoms with E-state index in [9.17, 15) is 4.39 Å². The van der Waals surface area contributed by atoms with Crippen molar-refractivity contribution in [3.8, 4) is 11.6 Å². The Labute approximate surface area is 99.1 Å². The monoisotopic (exact) mass is 232 g/mol. The van der Waals surface area contributed by atoms with Crippen molar-refractivity contribution in [2.45, 2.75) is 13.8 Å². The van der Waals surface area contributed by atoms with Crippen molar-refractivity contribution in [2.24, 2.45) is 0 Å². The number of hydrogen-bond donors (Lipinski definition) is 1. The van der Waals surface area contributed by atoms with Crippen LogP contribution in [0.4, 0.5) is 10.1 Å². The number of aryl methyl sites for hydroxylation is 2. The van der Waals surface area contributed by atoms with E-state index >= 15 is 0 Å². The Bertz CT molecular complexity index is 555. The molecule has 17 heavy (non-hydrogen) atoms. The van der Waals surface area contributed by atoms with Gasteiger partial charge in [-0.15, -0.1) is 0 Å². The molecule has 4 heteroatoms. The van der Waals surface area contributed by atoms with Crippen LogP contribution in [-0.2, 0) is 0 Å². The summed E-state index contributed by atoms with van der Waals surface area (Å²) in [5.41, 5.74) is 7.98. The zero-order chi connectivity index (χ0) is 12.4. The molecule has 0 aliphatic heterocycles. The predicted molar refractivity (Wildman–Crippen MR) is 64.6 cm³/mol. The molecule has 0 radical (unpaired) electrons. The van der Waals surface area contributed by atoms with Gasteiger partial charge in [0.15, 0.2) is 11.6 Å². The number of halogens is 1. The average molecular weight is 232 g/mol. The van der Waals surface area contributed by atoms with Crippen LogP contribution in [0, 0.1) is 19.7 Å². The van der Waals surface area contributed by atoms with Gasteiger partial charge in [-0.3, -0.25) is 0 Å². The standard InChI is InChI=1S/C13H13FN2O/c1-8-3-4-10(14)12(6-8)17-13-11(15)5-9(2)7-16-13/h3-7H,15H2,1-2H3. The highest BCUT2D eigenvalue weighted by Gasteiger charge is 2.08. The molecule has 2 N–H and O–H groups in total. The lowest BCUT2D eigenvalue weighted by molar-refractivity contribution is 0.429. The van der Waals surface area contributed by atoms with E-state index in [2.05, 4.69) is 4.98 Å². The van der Waals surface area contributed by atoms with Crippen LogP contribution in [0.2, 0.25) is 0 Å². The Balaban J connectivity index is 2.34. The maximum absolute atomic E-state index is 13.5. The highest BCUT2D eigenvalue weighted by molar-refractivity contribution is 5.51. The summed E-state index contributed by atoms with van der Waals surface area (Å²) in [5.74, 6) is -0.0782. The lowest BCUT2D eigenvalue weighted by Crippen LogP contribution is -1.97. The fraction of sp³-hybridized carbons (Fsp3) is 0.154. The number of benzene rings is 1. The van der Waals surface area contributed by atoms with Crippen molar-refractivity contribution in [1.82, 2.24) is 4.98 Å². The summed E-state index contributed by atoms with van der Waals surface area (Å²) in [6.45, 7) is 3.73. The highest BCUT2D eigenvalue weighted by atomic mass is 19.1. The summed E-state index contributed by atoms with van der Waals surface area (Å²) in [6.07, 6.45) is 1.62. The van der Waals surface area contributed by atoms with Crippen molar-refractivity contribution >= 4 is 5.69 Å². The topological polar surface area (TPSA) is 48.1 Å². The van der Waals surface area contributed by atoms with Gasteiger partial charge in [0, 0.05) is 6.20 Å². The van der Waals surface area contributed by atoms with Crippen LogP contribution in [0.15, 0.2) is 30.5 Å². The molecule has 0 amide bonds. The molecule has 1 heterocycles. The number of anilines is 1. The molecule has 1 aromatic carbocycles.